The van der Waals surface area contributed by atoms with Crippen molar-refractivity contribution < 1.29 is 42.9 Å². The zero-order chi connectivity index (χ0) is 44.7. The van der Waals surface area contributed by atoms with Crippen molar-refractivity contribution in [3.05, 3.63) is 65.6 Å². The maximum absolute atomic E-state index is 14.1. The van der Waals surface area contributed by atoms with Gasteiger partial charge in [0.1, 0.15) is 30.3 Å². The molecule has 7 atom stereocenters. The van der Waals surface area contributed by atoms with Gasteiger partial charge in [0, 0.05) is 50.4 Å². The molecule has 16 heteroatoms. The van der Waals surface area contributed by atoms with Gasteiger partial charge in [-0.15, -0.1) is 0 Å². The van der Waals surface area contributed by atoms with Crippen LogP contribution in [0.3, 0.4) is 0 Å². The van der Waals surface area contributed by atoms with Crippen LogP contribution in [0.2, 0.25) is 0 Å². The van der Waals surface area contributed by atoms with E-state index in [1.54, 1.807) is 25.1 Å². The maximum Gasteiger partial charge on any atom is 0.407 e. The number of rotatable bonds is 12. The molecule has 4 aromatic rings. The number of fused-ring (bicyclic) bond motifs is 6. The summed E-state index contributed by atoms with van der Waals surface area (Å²) in [6.07, 6.45) is 2.74. The van der Waals surface area contributed by atoms with Crippen molar-refractivity contribution in [1.29, 1.82) is 0 Å². The van der Waals surface area contributed by atoms with Gasteiger partial charge in [0.25, 0.3) is 0 Å². The van der Waals surface area contributed by atoms with Crippen molar-refractivity contribution in [1.82, 2.24) is 30.4 Å². The minimum Gasteiger partial charge on any atom is -0.488 e. The lowest BCUT2D eigenvalue weighted by Gasteiger charge is -2.34. The monoisotopic (exact) mass is 863 g/mol. The normalized spacial score (nSPS) is 21.5. The second-order valence-corrected chi connectivity index (χ2v) is 17.4. The van der Waals surface area contributed by atoms with Gasteiger partial charge in [-0.2, -0.15) is 0 Å². The summed E-state index contributed by atoms with van der Waals surface area (Å²) in [5.41, 5.74) is 7.79. The zero-order valence-corrected chi connectivity index (χ0v) is 37.2. The number of carbonyl (C=O) groups is 4. The van der Waals surface area contributed by atoms with Crippen molar-refractivity contribution in [3.63, 3.8) is 0 Å². The molecule has 3 aromatic carbocycles. The van der Waals surface area contributed by atoms with Crippen LogP contribution in [0.4, 0.5) is 15.3 Å². The van der Waals surface area contributed by atoms with Gasteiger partial charge >= 0.3 is 12.2 Å². The summed E-state index contributed by atoms with van der Waals surface area (Å²) in [4.78, 5) is 69.5. The van der Waals surface area contributed by atoms with Crippen LogP contribution in [0.25, 0.3) is 33.2 Å². The van der Waals surface area contributed by atoms with Crippen LogP contribution >= 0.6 is 0 Å². The first-order valence-electron chi connectivity index (χ1n) is 21.7. The molecule has 0 bridgehead atoms. The van der Waals surface area contributed by atoms with E-state index in [1.165, 1.54) is 21.3 Å². The first-order chi connectivity index (χ1) is 30.3. The predicted octanol–water partition coefficient (Wildman–Crippen LogP) is 6.47. The molecule has 16 nitrogen and oxygen atoms in total. The van der Waals surface area contributed by atoms with E-state index in [0.717, 1.165) is 74.3 Å². The molecule has 4 amide bonds. The van der Waals surface area contributed by atoms with Crippen molar-refractivity contribution in [3.8, 4) is 28.1 Å². The topological polar surface area (TPSA) is 186 Å². The number of amides is 4. The number of likely N-dealkylation sites (tertiary alicyclic amines) is 2. The molecule has 0 radical (unpaired) electrons. The Morgan fingerprint density at radius 2 is 1.67 bits per heavy atom. The van der Waals surface area contributed by atoms with Crippen LogP contribution in [0.15, 0.2) is 53.7 Å². The largest absolute Gasteiger partial charge is 0.488 e. The van der Waals surface area contributed by atoms with Crippen molar-refractivity contribution in [2.24, 2.45) is 16.8 Å². The lowest BCUT2D eigenvalue weighted by molar-refractivity contribution is -0.138. The molecule has 0 spiro atoms. The molecular weight excluding hydrogens is 807 g/mol. The highest BCUT2D eigenvalue weighted by Crippen LogP contribution is 2.45. The lowest BCUT2D eigenvalue weighted by Crippen LogP contribution is -2.57. The van der Waals surface area contributed by atoms with Gasteiger partial charge < -0.3 is 49.1 Å². The number of alkyl carbamates (subject to hydrolysis) is 2. The SMILES string of the molecule is COC[C@H]1C[C@@H](c2ncc(-c3ccc4c(c3)COc3cc5c6c(ccc5cc3-4)N=C([C@@H]3CC[C@H](C)N3C(=O)C(NC(=O)OC)[C@@H](C)OC)C6)[nH]2)N(C(=O)[C@@H](NC(=O)OC)C(C)C)C1. The highest BCUT2D eigenvalue weighted by atomic mass is 16.5. The number of methoxy groups -OCH3 is 4. The molecular formula is C47H57N7O9. The number of ether oxygens (including phenoxy) is 5. The van der Waals surface area contributed by atoms with E-state index in [2.05, 4.69) is 58.1 Å². The molecule has 8 rings (SSSR count). The summed E-state index contributed by atoms with van der Waals surface area (Å²) in [5, 5.41) is 7.53. The Bertz CT molecular complexity index is 2450. The van der Waals surface area contributed by atoms with E-state index in [-0.39, 0.29) is 41.8 Å². The third-order valence-corrected chi connectivity index (χ3v) is 13.2. The number of benzene rings is 3. The molecule has 334 valence electrons. The van der Waals surface area contributed by atoms with Crippen LogP contribution in [-0.2, 0) is 41.6 Å². The fourth-order valence-corrected chi connectivity index (χ4v) is 9.75. The van der Waals surface area contributed by atoms with Crippen LogP contribution in [0.1, 0.15) is 70.0 Å². The van der Waals surface area contributed by atoms with E-state index in [0.29, 0.717) is 38.4 Å². The maximum atomic E-state index is 14.1. The molecule has 4 aliphatic rings. The smallest absolute Gasteiger partial charge is 0.407 e. The average Bonchev–Trinajstić information content (AvgIpc) is 4.11. The number of carbonyl (C=O) groups excluding carboxylic acids is 4. The molecule has 4 aliphatic heterocycles. The van der Waals surface area contributed by atoms with Crippen LogP contribution in [0.5, 0.6) is 5.75 Å². The summed E-state index contributed by atoms with van der Waals surface area (Å²) >= 11 is 0. The lowest BCUT2D eigenvalue weighted by atomic mass is 9.90. The summed E-state index contributed by atoms with van der Waals surface area (Å²) in [5.74, 6) is 1.00. The van der Waals surface area contributed by atoms with E-state index in [4.69, 9.17) is 33.7 Å². The number of hydrogen-bond acceptors (Lipinski definition) is 11. The van der Waals surface area contributed by atoms with Crippen LogP contribution in [0, 0.1) is 11.8 Å². The van der Waals surface area contributed by atoms with Gasteiger partial charge in [0.2, 0.25) is 11.8 Å². The molecule has 63 heavy (non-hydrogen) atoms. The number of imidazole rings is 1. The zero-order valence-electron chi connectivity index (χ0n) is 37.2. The second-order valence-electron chi connectivity index (χ2n) is 17.4. The number of nitrogens with zero attached hydrogens (tertiary/aromatic N) is 4. The number of aliphatic imine (C=N–C) groups is 1. The molecule has 5 heterocycles. The second kappa shape index (κ2) is 18.0. The van der Waals surface area contributed by atoms with Crippen LogP contribution < -0.4 is 15.4 Å². The Kier molecular flexibility index (Phi) is 12.5. The highest BCUT2D eigenvalue weighted by Gasteiger charge is 2.44. The molecule has 0 saturated carbocycles. The van der Waals surface area contributed by atoms with E-state index in [1.807, 2.05) is 25.7 Å². The minimum absolute atomic E-state index is 0.0454. The molecule has 1 unspecified atom stereocenters. The number of aromatic nitrogens is 2. The highest BCUT2D eigenvalue weighted by molar-refractivity contribution is 6.06. The first kappa shape index (κ1) is 43.6. The summed E-state index contributed by atoms with van der Waals surface area (Å²) < 4.78 is 27.1. The fourth-order valence-electron chi connectivity index (χ4n) is 9.75. The summed E-state index contributed by atoms with van der Waals surface area (Å²) in [6.45, 7) is 8.93. The van der Waals surface area contributed by atoms with Crippen molar-refractivity contribution >= 4 is 46.2 Å². The van der Waals surface area contributed by atoms with Gasteiger partial charge in [-0.05, 0) is 96.3 Å². The molecule has 3 N–H and O–H groups in total. The van der Waals surface area contributed by atoms with Gasteiger partial charge in [-0.3, -0.25) is 14.6 Å². The number of hydrogen-bond donors (Lipinski definition) is 3. The third-order valence-electron chi connectivity index (χ3n) is 13.2. The van der Waals surface area contributed by atoms with Gasteiger partial charge in [-0.1, -0.05) is 32.0 Å². The van der Waals surface area contributed by atoms with Crippen molar-refractivity contribution in [2.75, 3.05) is 41.6 Å². The standard InChI is InChI=1S/C47H57N7O9/c1-24(2)41(51-46(57)61-7)44(55)53-21-27(22-59-5)15-39(53)43-48-20-37(50-43)29-10-12-31-30(16-29)23-63-40-19-32-28(17-34(31)40)11-13-35-33(32)18-36(49-35)38-14-9-25(3)54(38)45(56)42(26(4)60-6)52-47(58)62-8/h10-13,16-17,19-20,24-27,38-39,41-42H,9,14-15,18,21-23H2,1-8H3,(H,48,50)(H,51,57)(H,52,58)/t25-,26+,27-,38-,39-,41-,42?/m0/s1. The van der Waals surface area contributed by atoms with E-state index < -0.39 is 30.4 Å². The Balaban J connectivity index is 1.02. The summed E-state index contributed by atoms with van der Waals surface area (Å²) in [7, 11) is 5.73. The van der Waals surface area contributed by atoms with Gasteiger partial charge in [-0.25, -0.2) is 14.6 Å². The minimum atomic E-state index is -0.910. The molecule has 0 aliphatic carbocycles. The third kappa shape index (κ3) is 8.33. The predicted molar refractivity (Wildman–Crippen MR) is 236 cm³/mol. The average molecular weight is 864 g/mol. The number of nitrogens with one attached hydrogen (secondary N) is 3. The van der Waals surface area contributed by atoms with Gasteiger partial charge in [0.15, 0.2) is 0 Å². The molecule has 2 fully saturated rings. The summed E-state index contributed by atoms with van der Waals surface area (Å²) in [6, 6.07) is 12.5. The Labute approximate surface area is 367 Å². The fraction of sp³-hybridized carbons (Fsp3) is 0.489. The molecule has 1 aromatic heterocycles. The number of H-pyrrole nitrogens is 1. The Morgan fingerprint density at radius 3 is 2.38 bits per heavy atom. The van der Waals surface area contributed by atoms with E-state index in [9.17, 15) is 19.2 Å². The Morgan fingerprint density at radius 1 is 0.905 bits per heavy atom. The van der Waals surface area contributed by atoms with Crippen LogP contribution in [-0.4, -0.2) is 121 Å². The number of aromatic amines is 1. The Hall–Kier alpha value is -6.00. The van der Waals surface area contributed by atoms with Gasteiger partial charge in [0.05, 0.1) is 56.6 Å². The van der Waals surface area contributed by atoms with Crippen molar-refractivity contribution in [2.45, 2.75) is 96.3 Å². The molecule has 2 saturated heterocycles. The quantitative estimate of drug-likeness (QED) is 0.143. The first-order valence-corrected chi connectivity index (χ1v) is 21.7. The van der Waals surface area contributed by atoms with E-state index >= 15 is 0 Å².